The van der Waals surface area contributed by atoms with E-state index in [9.17, 15) is 63.0 Å². The number of aromatic amines is 1. The molecular weight excluding hydrogens is 899 g/mol. The molecule has 3 heterocycles. The normalized spacial score (nSPS) is 25.0. The second kappa shape index (κ2) is 26.7. The van der Waals surface area contributed by atoms with Crippen LogP contribution in [0.1, 0.15) is 83.7 Å². The number of guanidine groups is 1. The van der Waals surface area contributed by atoms with Gasteiger partial charge in [-0.2, -0.15) is 0 Å². The monoisotopic (exact) mass is 961 g/mol. The number of primary amides is 2. The number of fused-ring (bicyclic) bond motifs is 1. The number of rotatable bonds is 17. The smallest absolute Gasteiger partial charge is 0.303 e. The molecule has 10 amide bonds. The number of nitrogens with one attached hydrogen (secondary N) is 8. The first-order valence-corrected chi connectivity index (χ1v) is 22.0. The number of amides is 10. The number of aliphatic imine (C=N–C) groups is 1. The highest BCUT2D eigenvalue weighted by atomic mass is 16.4. The van der Waals surface area contributed by atoms with Gasteiger partial charge in [0.05, 0.1) is 12.9 Å². The third-order valence-electron chi connectivity index (χ3n) is 11.0. The van der Waals surface area contributed by atoms with Crippen molar-refractivity contribution in [2.24, 2.45) is 33.8 Å². The van der Waals surface area contributed by atoms with Gasteiger partial charge in [-0.05, 0) is 50.9 Å². The summed E-state index contributed by atoms with van der Waals surface area (Å²) in [6.45, 7) is 2.02. The third kappa shape index (κ3) is 17.4. The Balaban J connectivity index is 2.18. The predicted octanol–water partition coefficient (Wildman–Crippen LogP) is -6.55. The molecule has 2 fully saturated rings. The van der Waals surface area contributed by atoms with Gasteiger partial charge in [-0.1, -0.05) is 13.8 Å². The number of carbonyl (C=O) groups excluding carboxylic acids is 10. The Morgan fingerprint density at radius 2 is 1.18 bits per heavy atom. The van der Waals surface area contributed by atoms with Gasteiger partial charge < -0.3 is 80.2 Å². The number of aliphatic hydroxyl groups excluding tert-OH is 1. The fourth-order valence-corrected chi connectivity index (χ4v) is 7.34. The van der Waals surface area contributed by atoms with E-state index in [4.69, 9.17) is 22.9 Å². The molecule has 28 nitrogen and oxygen atoms in total. The van der Waals surface area contributed by atoms with E-state index in [1.54, 1.807) is 13.8 Å². The summed E-state index contributed by atoms with van der Waals surface area (Å²) in [6, 6.07) is -12.3. The van der Waals surface area contributed by atoms with Crippen LogP contribution in [0, 0.1) is 5.92 Å². The Labute approximate surface area is 390 Å². The van der Waals surface area contributed by atoms with Crippen molar-refractivity contribution in [2.45, 2.75) is 133 Å². The van der Waals surface area contributed by atoms with Gasteiger partial charge in [0, 0.05) is 50.7 Å². The maximum Gasteiger partial charge on any atom is 0.303 e. The zero-order chi connectivity index (χ0) is 50.7. The molecule has 2 aliphatic rings. The largest absolute Gasteiger partial charge is 0.481 e. The van der Waals surface area contributed by atoms with E-state index in [2.05, 4.69) is 52.2 Å². The molecule has 0 aliphatic carbocycles. The zero-order valence-electron chi connectivity index (χ0n) is 37.8. The SMILES string of the molecule is CC(C)C1NC(=O)C(CCCN=C(N)N)NC(=O)C(CCC(N)=O)NC(=O)C(Cc2cnc[nH]2)NC(=O)C(CCC(=O)O)NC(=O)C2CCCN2C(=O)C(CO)NC(=O)C(CCC(N)=O)NC1=O. The summed E-state index contributed by atoms with van der Waals surface area (Å²) in [7, 11) is 0. The van der Waals surface area contributed by atoms with Crippen molar-refractivity contribution in [1.29, 1.82) is 0 Å². The van der Waals surface area contributed by atoms with E-state index in [1.807, 2.05) is 0 Å². The second-order valence-corrected chi connectivity index (χ2v) is 16.6. The first-order valence-electron chi connectivity index (χ1n) is 22.0. The number of hydrogen-bond acceptors (Lipinski definition) is 14. The Morgan fingerprint density at radius 1 is 0.691 bits per heavy atom. The van der Waals surface area contributed by atoms with E-state index in [-0.39, 0.29) is 51.2 Å². The fourth-order valence-electron chi connectivity index (χ4n) is 7.34. The van der Waals surface area contributed by atoms with Crippen LogP contribution in [0.3, 0.4) is 0 Å². The Morgan fingerprint density at radius 3 is 1.68 bits per heavy atom. The van der Waals surface area contributed by atoms with Gasteiger partial charge in [0.15, 0.2) is 5.96 Å². The number of imidazole rings is 1. The molecule has 8 atom stereocenters. The van der Waals surface area contributed by atoms with Crippen molar-refractivity contribution in [3.8, 4) is 0 Å². The van der Waals surface area contributed by atoms with Gasteiger partial charge >= 0.3 is 5.97 Å². The van der Waals surface area contributed by atoms with Crippen molar-refractivity contribution in [2.75, 3.05) is 19.7 Å². The average Bonchev–Trinajstić information content (AvgIpc) is 3.99. The van der Waals surface area contributed by atoms with E-state index >= 15 is 0 Å². The maximum absolute atomic E-state index is 14.2. The molecule has 3 rings (SSSR count). The lowest BCUT2D eigenvalue weighted by Gasteiger charge is -2.31. The molecule has 376 valence electrons. The molecule has 0 saturated carbocycles. The third-order valence-corrected chi connectivity index (χ3v) is 11.0. The van der Waals surface area contributed by atoms with Crippen LogP contribution in [-0.2, 0) is 59.2 Å². The van der Waals surface area contributed by atoms with Crippen LogP contribution in [0.15, 0.2) is 17.5 Å². The molecule has 0 aromatic carbocycles. The highest BCUT2D eigenvalue weighted by Crippen LogP contribution is 2.20. The number of carbonyl (C=O) groups is 11. The molecule has 2 saturated heterocycles. The average molecular weight is 962 g/mol. The first-order chi connectivity index (χ1) is 32.1. The summed E-state index contributed by atoms with van der Waals surface area (Å²) in [6.07, 6.45) is -0.394. The molecule has 0 radical (unpaired) electrons. The van der Waals surface area contributed by atoms with Gasteiger partial charge in [-0.15, -0.1) is 0 Å². The second-order valence-electron chi connectivity index (χ2n) is 16.6. The minimum absolute atomic E-state index is 0.0206. The van der Waals surface area contributed by atoms with Crippen molar-refractivity contribution in [1.82, 2.24) is 52.1 Å². The van der Waals surface area contributed by atoms with Gasteiger partial charge in [-0.3, -0.25) is 57.7 Å². The highest BCUT2D eigenvalue weighted by Gasteiger charge is 2.41. The zero-order valence-corrected chi connectivity index (χ0v) is 37.8. The lowest BCUT2D eigenvalue weighted by atomic mass is 10.0. The fraction of sp³-hybridized carbons (Fsp3) is 0.625. The molecule has 0 bridgehead atoms. The van der Waals surface area contributed by atoms with Crippen LogP contribution in [-0.4, -0.2) is 164 Å². The molecule has 68 heavy (non-hydrogen) atoms. The van der Waals surface area contributed by atoms with E-state index < -0.39 is 164 Å². The number of aromatic nitrogens is 2. The molecule has 8 unspecified atom stereocenters. The van der Waals surface area contributed by atoms with Crippen LogP contribution in [0.2, 0.25) is 0 Å². The molecule has 1 aromatic rings. The lowest BCUT2D eigenvalue weighted by molar-refractivity contribution is -0.143. The summed E-state index contributed by atoms with van der Waals surface area (Å²) >= 11 is 0. The Hall–Kier alpha value is -7.39. The molecule has 28 heteroatoms. The minimum Gasteiger partial charge on any atom is -0.481 e. The number of nitrogens with two attached hydrogens (primary N) is 4. The Bertz CT molecular complexity index is 2030. The molecule has 0 spiro atoms. The summed E-state index contributed by atoms with van der Waals surface area (Å²) in [4.78, 5) is 159. The molecule has 18 N–H and O–H groups in total. The molecule has 1 aromatic heterocycles. The van der Waals surface area contributed by atoms with E-state index in [0.717, 1.165) is 4.90 Å². The first kappa shape index (κ1) is 54.9. The Kier molecular flexibility index (Phi) is 21.6. The summed E-state index contributed by atoms with van der Waals surface area (Å²) < 4.78 is 0. The topological polar surface area (TPSA) is 461 Å². The number of aliphatic hydroxyl groups is 1. The van der Waals surface area contributed by atoms with Crippen LogP contribution in [0.5, 0.6) is 0 Å². The number of carboxylic acids is 1. The summed E-state index contributed by atoms with van der Waals surface area (Å²) in [5, 5.41) is 37.2. The van der Waals surface area contributed by atoms with Crippen LogP contribution < -0.4 is 60.2 Å². The number of nitrogens with zero attached hydrogens (tertiary/aromatic N) is 3. The lowest BCUT2D eigenvalue weighted by Crippen LogP contribution is -2.62. The number of carboxylic acid groups (broad SMARTS) is 1. The van der Waals surface area contributed by atoms with Crippen molar-refractivity contribution in [3.63, 3.8) is 0 Å². The van der Waals surface area contributed by atoms with Crippen molar-refractivity contribution in [3.05, 3.63) is 18.2 Å². The standard InChI is InChI=1S/C40H63N15O13/c1-19(2)31-38(67)51-23(8-11-29(42)58)34(63)53-26(17-56)39(68)55-14-4-6-27(55)37(66)50-24(9-12-30(59)60)33(62)52-25(15-20-16-45-18-47-20)36(65)49-22(7-10-28(41)57)32(61)48-21(35(64)54-31)5-3-13-46-40(43)44/h16,18-19,21-27,31,56H,3-15,17H2,1-2H3,(H2,41,57)(H2,42,58)(H,45,47)(H,48,61)(H,49,65)(H,50,66)(H,51,67)(H,52,62)(H,53,63)(H,54,64)(H,59,60)(H4,43,44,46). The highest BCUT2D eigenvalue weighted by molar-refractivity contribution is 5.99. The predicted molar refractivity (Wildman–Crippen MR) is 236 cm³/mol. The van der Waals surface area contributed by atoms with Gasteiger partial charge in [0.2, 0.25) is 59.1 Å². The molecule has 2 aliphatic heterocycles. The van der Waals surface area contributed by atoms with Crippen molar-refractivity contribution >= 4 is 71.0 Å². The minimum atomic E-state index is -1.71. The van der Waals surface area contributed by atoms with Crippen LogP contribution >= 0.6 is 0 Å². The van der Waals surface area contributed by atoms with Crippen molar-refractivity contribution < 1.29 is 63.0 Å². The number of aliphatic carboxylic acids is 1. The van der Waals surface area contributed by atoms with Gasteiger partial charge in [0.25, 0.3) is 0 Å². The summed E-state index contributed by atoms with van der Waals surface area (Å²) in [5.74, 6) is -11.9. The number of H-pyrrole nitrogens is 1. The van der Waals surface area contributed by atoms with Crippen LogP contribution in [0.4, 0.5) is 0 Å². The maximum atomic E-state index is 14.2. The quantitative estimate of drug-likeness (QED) is 0.0392. The summed E-state index contributed by atoms with van der Waals surface area (Å²) in [5.41, 5.74) is 22.0. The van der Waals surface area contributed by atoms with Gasteiger partial charge in [-0.25, -0.2) is 4.98 Å². The van der Waals surface area contributed by atoms with Crippen LogP contribution in [0.25, 0.3) is 0 Å². The number of hydrogen-bond donors (Lipinski definition) is 14. The van der Waals surface area contributed by atoms with Gasteiger partial charge in [0.1, 0.15) is 48.3 Å². The van der Waals surface area contributed by atoms with E-state index in [0.29, 0.717) is 5.69 Å². The molecular formula is C40H63N15O13. The van der Waals surface area contributed by atoms with E-state index in [1.165, 1.54) is 12.5 Å².